The molecular weight excluding hydrogens is 350 g/mol. The zero-order valence-electron chi connectivity index (χ0n) is 15.0. The van der Waals surface area contributed by atoms with Crippen LogP contribution in [0.4, 0.5) is 5.82 Å². The summed E-state index contributed by atoms with van der Waals surface area (Å²) >= 11 is 6.32. The molecule has 0 amide bonds. The van der Waals surface area contributed by atoms with Gasteiger partial charge >= 0.3 is 0 Å². The van der Waals surface area contributed by atoms with Gasteiger partial charge in [-0.3, -0.25) is 0 Å². The van der Waals surface area contributed by atoms with Crippen molar-refractivity contribution in [2.75, 3.05) is 26.1 Å². The van der Waals surface area contributed by atoms with E-state index in [9.17, 15) is 0 Å². The third-order valence-corrected chi connectivity index (χ3v) is 5.18. The standard InChI is InChI=1S/C20H20ClN3O2/c1-12-15(21)5-4-6-16(12)24-20-14(9-10-22-20)19(23-24)13-7-8-17(25-2)18(11-13)26-3/h4-8,11,22H,9-10H2,1-3H3. The van der Waals surface area contributed by atoms with Crippen LogP contribution in [0.5, 0.6) is 11.5 Å². The largest absolute Gasteiger partial charge is 0.493 e. The average molecular weight is 370 g/mol. The predicted molar refractivity (Wildman–Crippen MR) is 104 cm³/mol. The van der Waals surface area contributed by atoms with Crippen molar-refractivity contribution in [3.8, 4) is 28.4 Å². The maximum Gasteiger partial charge on any atom is 0.161 e. The quantitative estimate of drug-likeness (QED) is 0.736. The summed E-state index contributed by atoms with van der Waals surface area (Å²) in [6.45, 7) is 2.91. The van der Waals surface area contributed by atoms with Crippen LogP contribution in [0.2, 0.25) is 5.02 Å². The third kappa shape index (κ3) is 2.59. The van der Waals surface area contributed by atoms with Crippen LogP contribution in [0.25, 0.3) is 16.9 Å². The van der Waals surface area contributed by atoms with E-state index in [4.69, 9.17) is 26.2 Å². The van der Waals surface area contributed by atoms with Crippen molar-refractivity contribution in [2.24, 2.45) is 0 Å². The molecule has 0 bridgehead atoms. The third-order valence-electron chi connectivity index (χ3n) is 4.78. The molecule has 1 aliphatic rings. The minimum absolute atomic E-state index is 0.693. The monoisotopic (exact) mass is 369 g/mol. The summed E-state index contributed by atoms with van der Waals surface area (Å²) in [7, 11) is 3.28. The summed E-state index contributed by atoms with van der Waals surface area (Å²) in [5.74, 6) is 2.43. The van der Waals surface area contributed by atoms with E-state index in [0.29, 0.717) is 11.5 Å². The molecule has 134 valence electrons. The van der Waals surface area contributed by atoms with Crippen LogP contribution in [0.15, 0.2) is 36.4 Å². The van der Waals surface area contributed by atoms with Gasteiger partial charge in [-0.1, -0.05) is 17.7 Å². The molecule has 0 spiro atoms. The average Bonchev–Trinajstić information content (AvgIpc) is 3.26. The molecule has 1 N–H and O–H groups in total. The van der Waals surface area contributed by atoms with Crippen molar-refractivity contribution < 1.29 is 9.47 Å². The SMILES string of the molecule is COc1ccc(-c2nn(-c3cccc(Cl)c3C)c3c2CCN3)cc1OC. The first-order valence-electron chi connectivity index (χ1n) is 8.47. The Morgan fingerprint density at radius 1 is 1.12 bits per heavy atom. The number of anilines is 1. The van der Waals surface area contributed by atoms with E-state index in [-0.39, 0.29) is 0 Å². The van der Waals surface area contributed by atoms with Crippen LogP contribution in [-0.2, 0) is 6.42 Å². The van der Waals surface area contributed by atoms with Crippen LogP contribution in [0.1, 0.15) is 11.1 Å². The Morgan fingerprint density at radius 3 is 2.69 bits per heavy atom. The molecule has 0 unspecified atom stereocenters. The Labute approximate surface area is 157 Å². The second-order valence-electron chi connectivity index (χ2n) is 6.22. The number of fused-ring (bicyclic) bond motifs is 1. The van der Waals surface area contributed by atoms with Gasteiger partial charge in [-0.05, 0) is 49.2 Å². The lowest BCUT2D eigenvalue weighted by molar-refractivity contribution is 0.355. The number of rotatable bonds is 4. The maximum absolute atomic E-state index is 6.32. The van der Waals surface area contributed by atoms with Crippen LogP contribution >= 0.6 is 11.6 Å². The highest BCUT2D eigenvalue weighted by Crippen LogP contribution is 2.38. The highest BCUT2D eigenvalue weighted by molar-refractivity contribution is 6.31. The normalized spacial score (nSPS) is 12.6. The molecule has 6 heteroatoms. The molecule has 0 fully saturated rings. The van der Waals surface area contributed by atoms with E-state index in [1.807, 2.05) is 48.0 Å². The lowest BCUT2D eigenvalue weighted by Crippen LogP contribution is -2.05. The van der Waals surface area contributed by atoms with Crippen molar-refractivity contribution in [2.45, 2.75) is 13.3 Å². The van der Waals surface area contributed by atoms with Crippen molar-refractivity contribution >= 4 is 17.4 Å². The summed E-state index contributed by atoms with van der Waals surface area (Å²) in [6, 6.07) is 11.8. The summed E-state index contributed by atoms with van der Waals surface area (Å²) in [5, 5.41) is 9.09. The van der Waals surface area contributed by atoms with Gasteiger partial charge in [0.15, 0.2) is 11.5 Å². The molecular formula is C20H20ClN3O2. The summed E-state index contributed by atoms with van der Waals surface area (Å²) in [6.07, 6.45) is 0.929. The Kier molecular flexibility index (Phi) is 4.24. The fraction of sp³-hybridized carbons (Fsp3) is 0.250. The summed E-state index contributed by atoms with van der Waals surface area (Å²) in [5.41, 5.74) is 5.14. The lowest BCUT2D eigenvalue weighted by Gasteiger charge is -2.11. The molecule has 2 aromatic carbocycles. The second kappa shape index (κ2) is 6.57. The Hall–Kier alpha value is -2.66. The van der Waals surface area contributed by atoms with Gasteiger partial charge in [-0.2, -0.15) is 5.10 Å². The molecule has 0 radical (unpaired) electrons. The number of benzene rings is 2. The lowest BCUT2D eigenvalue weighted by atomic mass is 10.1. The van der Waals surface area contributed by atoms with Gasteiger partial charge in [0.1, 0.15) is 5.82 Å². The van der Waals surface area contributed by atoms with Crippen molar-refractivity contribution in [3.05, 3.63) is 52.5 Å². The Morgan fingerprint density at radius 2 is 1.92 bits per heavy atom. The molecule has 1 aromatic heterocycles. The van der Waals surface area contributed by atoms with E-state index < -0.39 is 0 Å². The molecule has 3 aromatic rings. The zero-order valence-corrected chi connectivity index (χ0v) is 15.7. The minimum atomic E-state index is 0.693. The molecule has 0 aliphatic carbocycles. The number of nitrogens with one attached hydrogen (secondary N) is 1. The van der Waals surface area contributed by atoms with E-state index in [0.717, 1.165) is 46.3 Å². The van der Waals surface area contributed by atoms with Gasteiger partial charge in [0.05, 0.1) is 25.6 Å². The van der Waals surface area contributed by atoms with Crippen LogP contribution < -0.4 is 14.8 Å². The zero-order chi connectivity index (χ0) is 18.3. The smallest absolute Gasteiger partial charge is 0.161 e. The molecule has 0 atom stereocenters. The minimum Gasteiger partial charge on any atom is -0.493 e. The van der Waals surface area contributed by atoms with E-state index in [1.165, 1.54) is 5.56 Å². The number of aromatic nitrogens is 2. The van der Waals surface area contributed by atoms with E-state index in [2.05, 4.69) is 5.32 Å². The Balaban J connectivity index is 1.89. The predicted octanol–water partition coefficient (Wildman–Crippen LogP) is 4.49. The van der Waals surface area contributed by atoms with Crippen molar-refractivity contribution in [1.82, 2.24) is 9.78 Å². The first kappa shape index (κ1) is 16.8. The molecule has 0 saturated heterocycles. The summed E-state index contributed by atoms with van der Waals surface area (Å²) in [4.78, 5) is 0. The molecule has 5 nitrogen and oxygen atoms in total. The molecule has 26 heavy (non-hydrogen) atoms. The van der Waals surface area contributed by atoms with Gasteiger partial charge < -0.3 is 14.8 Å². The van der Waals surface area contributed by atoms with Gasteiger partial charge in [0, 0.05) is 22.7 Å². The fourth-order valence-electron chi connectivity index (χ4n) is 3.39. The van der Waals surface area contributed by atoms with Crippen molar-refractivity contribution in [3.63, 3.8) is 0 Å². The molecule has 1 aliphatic heterocycles. The van der Waals surface area contributed by atoms with Crippen molar-refractivity contribution in [1.29, 1.82) is 0 Å². The van der Waals surface area contributed by atoms with E-state index in [1.54, 1.807) is 14.2 Å². The number of nitrogens with zero attached hydrogens (tertiary/aromatic N) is 2. The number of hydrogen-bond acceptors (Lipinski definition) is 4. The molecule has 0 saturated carbocycles. The highest BCUT2D eigenvalue weighted by atomic mass is 35.5. The van der Waals surface area contributed by atoms with Crippen LogP contribution in [0.3, 0.4) is 0 Å². The van der Waals surface area contributed by atoms with Gasteiger partial charge in [0.25, 0.3) is 0 Å². The second-order valence-corrected chi connectivity index (χ2v) is 6.63. The molecule has 2 heterocycles. The van der Waals surface area contributed by atoms with Gasteiger partial charge in [-0.15, -0.1) is 0 Å². The van der Waals surface area contributed by atoms with Gasteiger partial charge in [-0.25, -0.2) is 4.68 Å². The van der Waals surface area contributed by atoms with Crippen LogP contribution in [-0.4, -0.2) is 30.5 Å². The number of ether oxygens (including phenoxy) is 2. The molecule has 4 rings (SSSR count). The first-order chi connectivity index (χ1) is 12.6. The highest BCUT2D eigenvalue weighted by Gasteiger charge is 2.25. The maximum atomic E-state index is 6.32. The fourth-order valence-corrected chi connectivity index (χ4v) is 3.56. The number of halogens is 1. The number of hydrogen-bond donors (Lipinski definition) is 1. The summed E-state index contributed by atoms with van der Waals surface area (Å²) < 4.78 is 12.8. The first-order valence-corrected chi connectivity index (χ1v) is 8.85. The van der Waals surface area contributed by atoms with E-state index >= 15 is 0 Å². The van der Waals surface area contributed by atoms with Crippen LogP contribution in [0, 0.1) is 6.92 Å². The van der Waals surface area contributed by atoms with Gasteiger partial charge in [0.2, 0.25) is 0 Å². The topological polar surface area (TPSA) is 48.3 Å². The Bertz CT molecular complexity index is 981. The number of methoxy groups -OCH3 is 2.